The summed E-state index contributed by atoms with van der Waals surface area (Å²) in [6, 6.07) is 11.8. The van der Waals surface area contributed by atoms with Gasteiger partial charge in [-0.2, -0.15) is 5.10 Å². The highest BCUT2D eigenvalue weighted by molar-refractivity contribution is 5.88. The first kappa shape index (κ1) is 17.2. The molecule has 1 aromatic heterocycles. The fourth-order valence-corrected chi connectivity index (χ4v) is 3.52. The van der Waals surface area contributed by atoms with Gasteiger partial charge in [-0.05, 0) is 24.5 Å². The third-order valence-electron chi connectivity index (χ3n) is 5.18. The van der Waals surface area contributed by atoms with Crippen LogP contribution in [0.5, 0.6) is 0 Å². The predicted octanol–water partition coefficient (Wildman–Crippen LogP) is 1.62. The molecule has 1 fully saturated rings. The summed E-state index contributed by atoms with van der Waals surface area (Å²) in [6.07, 6.45) is 2.99. The summed E-state index contributed by atoms with van der Waals surface area (Å²) in [6.45, 7) is 3.23. The van der Waals surface area contributed by atoms with Gasteiger partial charge in [0.25, 0.3) is 0 Å². The Labute approximate surface area is 147 Å². The number of nitrogens with zero attached hydrogens (tertiary/aromatic N) is 3. The van der Waals surface area contributed by atoms with E-state index >= 15 is 0 Å². The zero-order valence-electron chi connectivity index (χ0n) is 14.7. The van der Waals surface area contributed by atoms with Crippen LogP contribution in [-0.4, -0.2) is 39.6 Å². The van der Waals surface area contributed by atoms with Crippen LogP contribution >= 0.6 is 0 Å². The molecule has 0 saturated carbocycles. The number of rotatable bonds is 4. The molecule has 1 N–H and O–H groups in total. The molecular weight excluding hydrogens is 316 g/mol. The first-order valence-corrected chi connectivity index (χ1v) is 8.59. The Hall–Kier alpha value is -2.63. The number of amides is 2. The quantitative estimate of drug-likeness (QED) is 0.920. The van der Waals surface area contributed by atoms with Crippen LogP contribution in [0.25, 0.3) is 0 Å². The Morgan fingerprint density at radius 3 is 2.40 bits per heavy atom. The van der Waals surface area contributed by atoms with Crippen molar-refractivity contribution >= 4 is 11.8 Å². The fraction of sp³-hybridized carbons (Fsp3) is 0.421. The maximum Gasteiger partial charge on any atom is 0.231 e. The second kappa shape index (κ2) is 7.09. The molecule has 1 aliphatic heterocycles. The predicted molar refractivity (Wildman–Crippen MR) is 94.7 cm³/mol. The lowest BCUT2D eigenvalue weighted by Crippen LogP contribution is -2.52. The molecule has 1 saturated heterocycles. The standard InChI is InChI=1S/C19H24N4O2/c1-15(24)23-12-9-19(10-13-23,16-6-4-3-5-7-16)18(25)20-14-17-8-11-21-22(17)2/h3-8,11H,9-10,12-14H2,1-2H3,(H,20,25). The summed E-state index contributed by atoms with van der Waals surface area (Å²) in [4.78, 5) is 26.6. The van der Waals surface area contributed by atoms with Crippen LogP contribution in [0.1, 0.15) is 31.0 Å². The van der Waals surface area contributed by atoms with E-state index in [4.69, 9.17) is 0 Å². The van der Waals surface area contributed by atoms with E-state index in [1.165, 1.54) is 0 Å². The van der Waals surface area contributed by atoms with Crippen molar-refractivity contribution in [3.05, 3.63) is 53.9 Å². The Morgan fingerprint density at radius 2 is 1.84 bits per heavy atom. The molecule has 0 aliphatic carbocycles. The number of hydrogen-bond donors (Lipinski definition) is 1. The zero-order chi connectivity index (χ0) is 17.9. The lowest BCUT2D eigenvalue weighted by Gasteiger charge is -2.40. The highest BCUT2D eigenvalue weighted by Gasteiger charge is 2.43. The average molecular weight is 340 g/mol. The summed E-state index contributed by atoms with van der Waals surface area (Å²) < 4.78 is 1.76. The molecule has 2 aromatic rings. The van der Waals surface area contributed by atoms with Crippen molar-refractivity contribution in [2.24, 2.45) is 7.05 Å². The summed E-state index contributed by atoms with van der Waals surface area (Å²) in [5, 5.41) is 7.21. The fourth-order valence-electron chi connectivity index (χ4n) is 3.52. The molecule has 1 aliphatic rings. The van der Waals surface area contributed by atoms with Gasteiger partial charge in [0.2, 0.25) is 11.8 Å². The van der Waals surface area contributed by atoms with Gasteiger partial charge in [0.1, 0.15) is 0 Å². The van der Waals surface area contributed by atoms with Gasteiger partial charge in [0.05, 0.1) is 17.7 Å². The van der Waals surface area contributed by atoms with Gasteiger partial charge in [-0.25, -0.2) is 0 Å². The minimum atomic E-state index is -0.591. The highest BCUT2D eigenvalue weighted by atomic mass is 16.2. The largest absolute Gasteiger partial charge is 0.350 e. The highest BCUT2D eigenvalue weighted by Crippen LogP contribution is 2.36. The molecular formula is C19H24N4O2. The van der Waals surface area contributed by atoms with Crippen LogP contribution in [0, 0.1) is 0 Å². The number of aromatic nitrogens is 2. The molecule has 6 nitrogen and oxygen atoms in total. The van der Waals surface area contributed by atoms with Crippen LogP contribution in [0.15, 0.2) is 42.6 Å². The van der Waals surface area contributed by atoms with Crippen LogP contribution in [0.2, 0.25) is 0 Å². The van der Waals surface area contributed by atoms with Crippen LogP contribution in [0.3, 0.4) is 0 Å². The number of hydrogen-bond acceptors (Lipinski definition) is 3. The number of likely N-dealkylation sites (tertiary alicyclic amines) is 1. The third-order valence-corrected chi connectivity index (χ3v) is 5.18. The molecule has 2 heterocycles. The van der Waals surface area contributed by atoms with E-state index in [2.05, 4.69) is 10.4 Å². The number of aryl methyl sites for hydroxylation is 1. The van der Waals surface area contributed by atoms with E-state index in [1.54, 1.807) is 17.8 Å². The number of carbonyl (C=O) groups excluding carboxylic acids is 2. The second-order valence-electron chi connectivity index (χ2n) is 6.58. The SMILES string of the molecule is CC(=O)N1CCC(C(=O)NCc2ccnn2C)(c2ccccc2)CC1. The molecule has 3 rings (SSSR count). The van der Waals surface area contributed by atoms with Crippen molar-refractivity contribution in [3.63, 3.8) is 0 Å². The van der Waals surface area contributed by atoms with E-state index in [0.717, 1.165) is 11.3 Å². The number of carbonyl (C=O) groups is 2. The van der Waals surface area contributed by atoms with E-state index in [9.17, 15) is 9.59 Å². The van der Waals surface area contributed by atoms with Crippen molar-refractivity contribution in [2.75, 3.05) is 13.1 Å². The van der Waals surface area contributed by atoms with Crippen molar-refractivity contribution < 1.29 is 9.59 Å². The molecule has 0 unspecified atom stereocenters. The number of piperidine rings is 1. The molecule has 0 atom stereocenters. The van der Waals surface area contributed by atoms with Crippen LogP contribution < -0.4 is 5.32 Å². The third kappa shape index (κ3) is 3.43. The van der Waals surface area contributed by atoms with Crippen molar-refractivity contribution in [3.8, 4) is 0 Å². The van der Waals surface area contributed by atoms with Crippen LogP contribution in [0.4, 0.5) is 0 Å². The van der Waals surface area contributed by atoms with E-state index in [-0.39, 0.29) is 11.8 Å². The van der Waals surface area contributed by atoms with E-state index < -0.39 is 5.41 Å². The molecule has 1 aromatic carbocycles. The van der Waals surface area contributed by atoms with Gasteiger partial charge in [-0.3, -0.25) is 14.3 Å². The molecule has 2 amide bonds. The molecule has 6 heteroatoms. The topological polar surface area (TPSA) is 67.2 Å². The average Bonchev–Trinajstić information content (AvgIpc) is 3.05. The molecule has 0 radical (unpaired) electrons. The summed E-state index contributed by atoms with van der Waals surface area (Å²) in [5.41, 5.74) is 1.38. The minimum absolute atomic E-state index is 0.0168. The number of nitrogens with one attached hydrogen (secondary N) is 1. The van der Waals surface area contributed by atoms with E-state index in [0.29, 0.717) is 32.5 Å². The lowest BCUT2D eigenvalue weighted by molar-refractivity contribution is -0.135. The van der Waals surface area contributed by atoms with Crippen LogP contribution in [-0.2, 0) is 28.6 Å². The van der Waals surface area contributed by atoms with E-state index in [1.807, 2.05) is 48.3 Å². The minimum Gasteiger partial charge on any atom is -0.350 e. The zero-order valence-corrected chi connectivity index (χ0v) is 14.7. The maximum absolute atomic E-state index is 13.2. The molecule has 0 bridgehead atoms. The van der Waals surface area contributed by atoms with Gasteiger partial charge in [0.15, 0.2) is 0 Å². The second-order valence-corrected chi connectivity index (χ2v) is 6.58. The molecule has 0 spiro atoms. The Morgan fingerprint density at radius 1 is 1.16 bits per heavy atom. The van der Waals surface area contributed by atoms with Gasteiger partial charge < -0.3 is 10.2 Å². The summed E-state index contributed by atoms with van der Waals surface area (Å²) in [5.74, 6) is 0.0834. The molecule has 25 heavy (non-hydrogen) atoms. The summed E-state index contributed by atoms with van der Waals surface area (Å²) in [7, 11) is 1.86. The lowest BCUT2D eigenvalue weighted by atomic mass is 9.72. The van der Waals surface area contributed by atoms with Gasteiger partial charge in [-0.15, -0.1) is 0 Å². The first-order valence-electron chi connectivity index (χ1n) is 8.59. The Kier molecular flexibility index (Phi) is 4.88. The van der Waals surface area contributed by atoms with Crippen molar-refractivity contribution in [2.45, 2.75) is 31.7 Å². The van der Waals surface area contributed by atoms with Gasteiger partial charge in [0, 0.05) is 33.3 Å². The Bertz CT molecular complexity index is 746. The monoisotopic (exact) mass is 340 g/mol. The Balaban J connectivity index is 1.81. The summed E-state index contributed by atoms with van der Waals surface area (Å²) >= 11 is 0. The van der Waals surface area contributed by atoms with Gasteiger partial charge >= 0.3 is 0 Å². The van der Waals surface area contributed by atoms with Crippen molar-refractivity contribution in [1.29, 1.82) is 0 Å². The van der Waals surface area contributed by atoms with Gasteiger partial charge in [-0.1, -0.05) is 30.3 Å². The maximum atomic E-state index is 13.2. The normalized spacial score (nSPS) is 16.5. The first-order chi connectivity index (χ1) is 12.0. The molecule has 132 valence electrons. The smallest absolute Gasteiger partial charge is 0.231 e. The number of benzene rings is 1. The van der Waals surface area contributed by atoms with Crippen molar-refractivity contribution in [1.82, 2.24) is 20.0 Å².